The van der Waals surface area contributed by atoms with Gasteiger partial charge in [0.1, 0.15) is 29.1 Å². The van der Waals surface area contributed by atoms with Crippen LogP contribution in [0.4, 0.5) is 0 Å². The van der Waals surface area contributed by atoms with Crippen LogP contribution in [0.1, 0.15) is 25.8 Å². The zero-order valence-corrected chi connectivity index (χ0v) is 20.7. The number of thiophene rings is 2. The Morgan fingerprint density at radius 2 is 1.88 bits per heavy atom. The number of nitrogens with two attached hydrogens (primary N) is 1. The van der Waals surface area contributed by atoms with Gasteiger partial charge in [-0.3, -0.25) is 0 Å². The van der Waals surface area contributed by atoms with Crippen molar-refractivity contribution in [3.8, 4) is 6.07 Å². The molecule has 2 aromatic heterocycles. The number of cyclic esters (lactones) is 1. The van der Waals surface area contributed by atoms with Gasteiger partial charge in [-0.05, 0) is 38.5 Å². The summed E-state index contributed by atoms with van der Waals surface area (Å²) in [5.41, 5.74) is 7.02. The van der Waals surface area contributed by atoms with E-state index < -0.39 is 11.4 Å². The highest BCUT2D eigenvalue weighted by atomic mass is 35.5. The fourth-order valence-corrected chi connectivity index (χ4v) is 6.89. The first kappa shape index (κ1) is 22.2. The van der Waals surface area contributed by atoms with E-state index in [4.69, 9.17) is 26.8 Å². The van der Waals surface area contributed by atoms with E-state index in [2.05, 4.69) is 11.1 Å². The summed E-state index contributed by atoms with van der Waals surface area (Å²) in [5.74, 6) is 0.307. The molecule has 5 heterocycles. The second-order valence-corrected chi connectivity index (χ2v) is 11.4. The fourth-order valence-electron chi connectivity index (χ4n) is 4.77. The third-order valence-corrected chi connectivity index (χ3v) is 8.31. The van der Waals surface area contributed by atoms with Gasteiger partial charge in [0.15, 0.2) is 5.41 Å². The highest BCUT2D eigenvalue weighted by molar-refractivity contribution is 7.16. The largest absolute Gasteiger partial charge is 0.424 e. The highest BCUT2D eigenvalue weighted by Gasteiger charge is 2.63. The molecule has 3 aliphatic rings. The quantitative estimate of drug-likeness (QED) is 0.619. The molecular formula is C23H21ClN4O3S2. The molecule has 7 nitrogen and oxygen atoms in total. The Balaban J connectivity index is 1.86. The number of morpholine rings is 1. The third-order valence-electron chi connectivity index (χ3n) is 6.16. The van der Waals surface area contributed by atoms with Crippen molar-refractivity contribution in [2.75, 3.05) is 26.3 Å². The number of nitrogens with zero attached hydrogens (tertiary/aromatic N) is 3. The molecule has 0 aliphatic carbocycles. The zero-order valence-electron chi connectivity index (χ0n) is 18.3. The molecule has 10 heteroatoms. The third kappa shape index (κ3) is 3.16. The van der Waals surface area contributed by atoms with E-state index in [1.807, 2.05) is 31.7 Å². The van der Waals surface area contributed by atoms with Crippen LogP contribution in [0.25, 0.3) is 11.3 Å². The van der Waals surface area contributed by atoms with E-state index in [0.29, 0.717) is 47.8 Å². The molecule has 1 fully saturated rings. The lowest BCUT2D eigenvalue weighted by atomic mass is 9.71. The number of esters is 1. The Labute approximate surface area is 204 Å². The van der Waals surface area contributed by atoms with Crippen molar-refractivity contribution in [3.63, 3.8) is 0 Å². The molecule has 0 aromatic carbocycles. The van der Waals surface area contributed by atoms with Crippen LogP contribution in [0.5, 0.6) is 0 Å². The minimum Gasteiger partial charge on any atom is -0.424 e. The number of hydrogen-bond acceptors (Lipinski definition) is 9. The van der Waals surface area contributed by atoms with E-state index in [-0.39, 0.29) is 11.4 Å². The molecule has 1 saturated heterocycles. The highest BCUT2D eigenvalue weighted by Crippen LogP contribution is 2.58. The smallest absolute Gasteiger partial charge is 0.335 e. The summed E-state index contributed by atoms with van der Waals surface area (Å²) < 4.78 is 12.1. The monoisotopic (exact) mass is 500 g/mol. The number of amidine groups is 1. The molecule has 3 aliphatic heterocycles. The molecule has 2 aromatic rings. The zero-order chi connectivity index (χ0) is 23.5. The Bertz CT molecular complexity index is 1320. The van der Waals surface area contributed by atoms with Crippen molar-refractivity contribution in [1.29, 1.82) is 5.26 Å². The molecule has 0 bridgehead atoms. The minimum atomic E-state index is -1.54. The SMILES string of the molecule is Cc1cc(C2=C(c3cc(Cl)sc3C)OC(=O)C23C(N2CCOCC2)=NC(N)=C3C#N)c(C)s1. The molecule has 0 saturated carbocycles. The van der Waals surface area contributed by atoms with Gasteiger partial charge in [-0.2, -0.15) is 5.26 Å². The lowest BCUT2D eigenvalue weighted by molar-refractivity contribution is -0.138. The van der Waals surface area contributed by atoms with Crippen molar-refractivity contribution in [3.05, 3.63) is 53.6 Å². The van der Waals surface area contributed by atoms with E-state index >= 15 is 0 Å². The van der Waals surface area contributed by atoms with Crippen LogP contribution in [0.3, 0.4) is 0 Å². The first-order valence-electron chi connectivity index (χ1n) is 10.4. The number of aryl methyl sites for hydroxylation is 3. The molecule has 1 atom stereocenters. The second kappa shape index (κ2) is 7.99. The maximum atomic E-state index is 13.9. The molecular weight excluding hydrogens is 480 g/mol. The maximum Gasteiger partial charge on any atom is 0.335 e. The van der Waals surface area contributed by atoms with Crippen LogP contribution in [-0.4, -0.2) is 43.0 Å². The Morgan fingerprint density at radius 3 is 2.45 bits per heavy atom. The first-order chi connectivity index (χ1) is 15.8. The number of hydrogen-bond donors (Lipinski definition) is 1. The molecule has 0 radical (unpaired) electrons. The van der Waals surface area contributed by atoms with Crippen molar-refractivity contribution in [1.82, 2.24) is 4.90 Å². The number of carbonyl (C=O) groups is 1. The number of ether oxygens (including phenoxy) is 2. The van der Waals surface area contributed by atoms with Gasteiger partial charge in [-0.15, -0.1) is 22.7 Å². The van der Waals surface area contributed by atoms with Gasteiger partial charge in [0, 0.05) is 38.9 Å². The normalized spacial score (nSPS) is 22.9. The summed E-state index contributed by atoms with van der Waals surface area (Å²) in [4.78, 5) is 23.5. The minimum absolute atomic E-state index is 0.0411. The van der Waals surface area contributed by atoms with Gasteiger partial charge in [0.25, 0.3) is 0 Å². The van der Waals surface area contributed by atoms with Gasteiger partial charge in [-0.25, -0.2) is 9.79 Å². The lowest BCUT2D eigenvalue weighted by Crippen LogP contribution is -2.51. The number of rotatable bonds is 2. The predicted molar refractivity (Wildman–Crippen MR) is 130 cm³/mol. The topological polar surface area (TPSA) is 101 Å². The molecule has 1 unspecified atom stereocenters. The van der Waals surface area contributed by atoms with Gasteiger partial charge >= 0.3 is 5.97 Å². The maximum absolute atomic E-state index is 13.9. The van der Waals surface area contributed by atoms with E-state index in [1.54, 1.807) is 17.4 Å². The standard InChI is InChI=1S/C23H21ClN4O3S2/c1-11-8-14(12(2)32-11)18-19(15-9-17(24)33-13(15)3)31-22(29)23(18)16(10-25)20(26)27-21(23)28-4-6-30-7-5-28/h8-9H,4-7,26H2,1-3H3. The van der Waals surface area contributed by atoms with Crippen LogP contribution < -0.4 is 5.73 Å². The van der Waals surface area contributed by atoms with Crippen LogP contribution in [0.15, 0.2) is 28.5 Å². The van der Waals surface area contributed by atoms with Crippen molar-refractivity contribution in [2.45, 2.75) is 20.8 Å². The van der Waals surface area contributed by atoms with Crippen LogP contribution in [0, 0.1) is 37.5 Å². The average Bonchev–Trinajstić information content (AvgIpc) is 3.47. The van der Waals surface area contributed by atoms with E-state index in [9.17, 15) is 10.1 Å². The summed E-state index contributed by atoms with van der Waals surface area (Å²) >= 11 is 9.36. The Hall–Kier alpha value is -2.64. The predicted octanol–water partition coefficient (Wildman–Crippen LogP) is 4.24. The summed E-state index contributed by atoms with van der Waals surface area (Å²) in [6, 6.07) is 6.02. The van der Waals surface area contributed by atoms with Crippen molar-refractivity contribution < 1.29 is 14.3 Å². The lowest BCUT2D eigenvalue weighted by Gasteiger charge is -2.36. The molecule has 1 spiro atoms. The summed E-state index contributed by atoms with van der Waals surface area (Å²) in [6.07, 6.45) is 0. The molecule has 33 heavy (non-hydrogen) atoms. The van der Waals surface area contributed by atoms with Crippen LogP contribution in [0.2, 0.25) is 4.34 Å². The molecule has 5 rings (SSSR count). The van der Waals surface area contributed by atoms with E-state index in [0.717, 1.165) is 25.8 Å². The van der Waals surface area contributed by atoms with Gasteiger partial charge < -0.3 is 20.1 Å². The van der Waals surface area contributed by atoms with Gasteiger partial charge in [0.2, 0.25) is 0 Å². The summed E-state index contributed by atoms with van der Waals surface area (Å²) in [5, 5.41) is 10.2. The van der Waals surface area contributed by atoms with Gasteiger partial charge in [-0.1, -0.05) is 11.6 Å². The summed E-state index contributed by atoms with van der Waals surface area (Å²) in [6.45, 7) is 8.00. The second-order valence-electron chi connectivity index (χ2n) is 8.10. The Kier molecular flexibility index (Phi) is 5.37. The Morgan fingerprint density at radius 1 is 1.18 bits per heavy atom. The fraction of sp³-hybridized carbons (Fsp3) is 0.348. The van der Waals surface area contributed by atoms with E-state index in [1.165, 1.54) is 11.3 Å². The number of nitriles is 1. The number of aliphatic imine (C=N–C) groups is 1. The number of halogens is 1. The van der Waals surface area contributed by atoms with Crippen LogP contribution in [-0.2, 0) is 14.3 Å². The molecule has 2 N–H and O–H groups in total. The van der Waals surface area contributed by atoms with Crippen LogP contribution >= 0.6 is 34.3 Å². The van der Waals surface area contributed by atoms with Crippen molar-refractivity contribution in [2.24, 2.45) is 16.1 Å². The molecule has 0 amide bonds. The number of carbonyl (C=O) groups excluding carboxylic acids is 1. The molecule has 170 valence electrons. The summed E-state index contributed by atoms with van der Waals surface area (Å²) in [7, 11) is 0. The van der Waals surface area contributed by atoms with Gasteiger partial charge in [0.05, 0.1) is 17.6 Å². The first-order valence-corrected chi connectivity index (χ1v) is 12.4. The van der Waals surface area contributed by atoms with Crippen molar-refractivity contribution >= 4 is 57.4 Å². The average molecular weight is 501 g/mol.